The van der Waals surface area contributed by atoms with E-state index in [0.717, 1.165) is 46.8 Å². The summed E-state index contributed by atoms with van der Waals surface area (Å²) in [5.41, 5.74) is 12.9. The molecule has 0 radical (unpaired) electrons. The summed E-state index contributed by atoms with van der Waals surface area (Å²) in [6, 6.07) is 5.44. The average molecular weight is 276 g/mol. The number of aromatic nitrogens is 1. The van der Waals surface area contributed by atoms with Crippen LogP contribution in [0.1, 0.15) is 19.3 Å². The van der Waals surface area contributed by atoms with Gasteiger partial charge in [0.05, 0.1) is 10.2 Å². The predicted molar refractivity (Wildman–Crippen MR) is 78.2 cm³/mol. The summed E-state index contributed by atoms with van der Waals surface area (Å²) < 4.78 is 1.05. The van der Waals surface area contributed by atoms with Crippen molar-refractivity contribution in [2.75, 3.05) is 17.2 Å². The number of rotatable bonds is 2. The van der Waals surface area contributed by atoms with E-state index in [-0.39, 0.29) is 11.9 Å². The Balaban J connectivity index is 1.99. The molecule has 0 bridgehead atoms. The van der Waals surface area contributed by atoms with Crippen LogP contribution in [0.2, 0.25) is 0 Å². The molecule has 2 aromatic rings. The molecule has 1 fully saturated rings. The molecule has 100 valence electrons. The smallest absolute Gasteiger partial charge is 0.240 e. The Labute approximate surface area is 115 Å². The molecule has 0 spiro atoms. The third-order valence-electron chi connectivity index (χ3n) is 3.48. The lowest BCUT2D eigenvalue weighted by atomic mass is 10.0. The van der Waals surface area contributed by atoms with Gasteiger partial charge in [0.1, 0.15) is 6.04 Å². The Morgan fingerprint density at radius 2 is 2.26 bits per heavy atom. The molecule has 1 aromatic heterocycles. The number of thiazole rings is 1. The molecule has 1 atom stereocenters. The van der Waals surface area contributed by atoms with Gasteiger partial charge in [-0.1, -0.05) is 11.3 Å². The van der Waals surface area contributed by atoms with Crippen molar-refractivity contribution in [2.45, 2.75) is 25.3 Å². The molecule has 1 aromatic carbocycles. The molecule has 1 unspecified atom stereocenters. The lowest BCUT2D eigenvalue weighted by Gasteiger charge is -2.33. The van der Waals surface area contributed by atoms with Crippen molar-refractivity contribution in [1.82, 2.24) is 4.98 Å². The van der Waals surface area contributed by atoms with Crippen LogP contribution in [0, 0.1) is 0 Å². The van der Waals surface area contributed by atoms with Crippen LogP contribution in [0.4, 0.5) is 10.8 Å². The first kappa shape index (κ1) is 12.2. The van der Waals surface area contributed by atoms with Gasteiger partial charge in [-0.2, -0.15) is 0 Å². The number of primary amides is 1. The Morgan fingerprint density at radius 1 is 1.42 bits per heavy atom. The molecule has 0 aliphatic carbocycles. The summed E-state index contributed by atoms with van der Waals surface area (Å²) >= 11 is 1.57. The van der Waals surface area contributed by atoms with Gasteiger partial charge in [0.15, 0.2) is 5.13 Å². The maximum Gasteiger partial charge on any atom is 0.240 e. The number of hydrogen-bond donors (Lipinski definition) is 2. The van der Waals surface area contributed by atoms with Gasteiger partial charge in [0.2, 0.25) is 5.91 Å². The summed E-state index contributed by atoms with van der Waals surface area (Å²) in [6.45, 7) is 0.836. The van der Waals surface area contributed by atoms with E-state index in [4.69, 9.17) is 11.5 Å². The third kappa shape index (κ3) is 2.23. The Morgan fingerprint density at radius 3 is 3.05 bits per heavy atom. The van der Waals surface area contributed by atoms with Gasteiger partial charge in [-0.3, -0.25) is 4.79 Å². The molecule has 1 saturated heterocycles. The zero-order chi connectivity index (χ0) is 13.4. The first-order valence-corrected chi connectivity index (χ1v) is 7.19. The molecule has 3 rings (SSSR count). The SMILES string of the molecule is NC(=O)C1CCCCN1c1nc2ccc(N)cc2s1. The zero-order valence-corrected chi connectivity index (χ0v) is 11.3. The molecular weight excluding hydrogens is 260 g/mol. The summed E-state index contributed by atoms with van der Waals surface area (Å²) in [6.07, 6.45) is 2.93. The van der Waals surface area contributed by atoms with Crippen molar-refractivity contribution in [2.24, 2.45) is 5.73 Å². The molecule has 4 N–H and O–H groups in total. The number of piperidine rings is 1. The van der Waals surface area contributed by atoms with E-state index in [1.807, 2.05) is 23.1 Å². The van der Waals surface area contributed by atoms with E-state index in [0.29, 0.717) is 0 Å². The molecule has 1 aliphatic heterocycles. The molecule has 0 saturated carbocycles. The third-order valence-corrected chi connectivity index (χ3v) is 4.53. The van der Waals surface area contributed by atoms with E-state index in [1.54, 1.807) is 11.3 Å². The highest BCUT2D eigenvalue weighted by molar-refractivity contribution is 7.22. The standard InChI is InChI=1S/C13H16N4OS/c14-8-4-5-9-11(7-8)19-13(16-9)17-6-2-1-3-10(17)12(15)18/h4-5,7,10H,1-3,6,14H2,(H2,15,18). The highest BCUT2D eigenvalue weighted by Crippen LogP contribution is 2.33. The maximum absolute atomic E-state index is 11.5. The molecule has 1 amide bonds. The van der Waals surface area contributed by atoms with E-state index in [1.165, 1.54) is 0 Å². The number of hydrogen-bond acceptors (Lipinski definition) is 5. The molecular formula is C13H16N4OS. The van der Waals surface area contributed by atoms with Crippen LogP contribution < -0.4 is 16.4 Å². The van der Waals surface area contributed by atoms with E-state index < -0.39 is 0 Å². The Bertz CT molecular complexity index is 624. The number of nitrogens with two attached hydrogens (primary N) is 2. The van der Waals surface area contributed by atoms with Crippen molar-refractivity contribution in [3.05, 3.63) is 18.2 Å². The number of anilines is 2. The van der Waals surface area contributed by atoms with Crippen LogP contribution in [0.15, 0.2) is 18.2 Å². The monoisotopic (exact) mass is 276 g/mol. The van der Waals surface area contributed by atoms with Gasteiger partial charge in [0.25, 0.3) is 0 Å². The van der Waals surface area contributed by atoms with E-state index in [9.17, 15) is 4.79 Å². The second-order valence-corrected chi connectivity index (χ2v) is 5.84. The van der Waals surface area contributed by atoms with Gasteiger partial charge >= 0.3 is 0 Å². The van der Waals surface area contributed by atoms with Crippen LogP contribution in [0.5, 0.6) is 0 Å². The maximum atomic E-state index is 11.5. The molecule has 2 heterocycles. The van der Waals surface area contributed by atoms with Crippen molar-refractivity contribution < 1.29 is 4.79 Å². The van der Waals surface area contributed by atoms with Crippen molar-refractivity contribution >= 4 is 38.3 Å². The topological polar surface area (TPSA) is 85.2 Å². The fraction of sp³-hybridized carbons (Fsp3) is 0.385. The molecule has 19 heavy (non-hydrogen) atoms. The van der Waals surface area contributed by atoms with E-state index >= 15 is 0 Å². The van der Waals surface area contributed by atoms with Crippen LogP contribution >= 0.6 is 11.3 Å². The highest BCUT2D eigenvalue weighted by Gasteiger charge is 2.29. The summed E-state index contributed by atoms with van der Waals surface area (Å²) in [5.74, 6) is -0.265. The minimum atomic E-state index is -0.265. The zero-order valence-electron chi connectivity index (χ0n) is 10.5. The van der Waals surface area contributed by atoms with Gasteiger partial charge in [-0.15, -0.1) is 0 Å². The summed E-state index contributed by atoms with van der Waals surface area (Å²) in [7, 11) is 0. The molecule has 6 heteroatoms. The summed E-state index contributed by atoms with van der Waals surface area (Å²) in [5, 5.41) is 0.865. The lowest BCUT2D eigenvalue weighted by Crippen LogP contribution is -2.47. The number of nitrogens with zero attached hydrogens (tertiary/aromatic N) is 2. The van der Waals surface area contributed by atoms with Crippen LogP contribution in [-0.4, -0.2) is 23.5 Å². The normalized spacial score (nSPS) is 19.8. The fourth-order valence-corrected chi connectivity index (χ4v) is 3.60. The van der Waals surface area contributed by atoms with Crippen LogP contribution in [0.25, 0.3) is 10.2 Å². The largest absolute Gasteiger partial charge is 0.399 e. The Hall–Kier alpha value is -1.82. The van der Waals surface area contributed by atoms with Gasteiger partial charge in [-0.05, 0) is 37.5 Å². The van der Waals surface area contributed by atoms with Gasteiger partial charge in [0, 0.05) is 12.2 Å². The quantitative estimate of drug-likeness (QED) is 0.818. The average Bonchev–Trinajstić information content (AvgIpc) is 2.81. The number of fused-ring (bicyclic) bond motifs is 1. The first-order valence-electron chi connectivity index (χ1n) is 6.37. The predicted octanol–water partition coefficient (Wildman–Crippen LogP) is 1.72. The molecule has 1 aliphatic rings. The van der Waals surface area contributed by atoms with Crippen LogP contribution in [-0.2, 0) is 4.79 Å². The van der Waals surface area contributed by atoms with Crippen molar-refractivity contribution in [3.8, 4) is 0 Å². The summed E-state index contributed by atoms with van der Waals surface area (Å²) in [4.78, 5) is 18.2. The number of amides is 1. The van der Waals surface area contributed by atoms with Gasteiger partial charge < -0.3 is 16.4 Å². The minimum absolute atomic E-state index is 0.230. The number of nitrogen functional groups attached to an aromatic ring is 1. The minimum Gasteiger partial charge on any atom is -0.399 e. The van der Waals surface area contributed by atoms with E-state index in [2.05, 4.69) is 4.98 Å². The van der Waals surface area contributed by atoms with Gasteiger partial charge in [-0.25, -0.2) is 4.98 Å². The second-order valence-electron chi connectivity index (χ2n) is 4.83. The van der Waals surface area contributed by atoms with Crippen molar-refractivity contribution in [1.29, 1.82) is 0 Å². The number of carbonyl (C=O) groups excluding carboxylic acids is 1. The van der Waals surface area contributed by atoms with Crippen molar-refractivity contribution in [3.63, 3.8) is 0 Å². The lowest BCUT2D eigenvalue weighted by molar-refractivity contribution is -0.119. The number of carbonyl (C=O) groups is 1. The first-order chi connectivity index (χ1) is 9.15. The second kappa shape index (κ2) is 4.70. The Kier molecular flexibility index (Phi) is 3.02. The molecule has 5 nitrogen and oxygen atoms in total. The highest BCUT2D eigenvalue weighted by atomic mass is 32.1. The number of benzene rings is 1. The fourth-order valence-electron chi connectivity index (χ4n) is 2.51. The van der Waals surface area contributed by atoms with Crippen LogP contribution in [0.3, 0.4) is 0 Å².